The van der Waals surface area contributed by atoms with Crippen molar-refractivity contribution in [1.29, 1.82) is 0 Å². The molecule has 2 atom stereocenters. The predicted octanol–water partition coefficient (Wildman–Crippen LogP) is 2.21. The molecule has 0 bridgehead atoms. The van der Waals surface area contributed by atoms with Crippen molar-refractivity contribution in [3.8, 4) is 0 Å². The Labute approximate surface area is 148 Å². The third-order valence-corrected chi connectivity index (χ3v) is 6.23. The number of methoxy groups -OCH3 is 1. The molecule has 0 N–H and O–H groups in total. The van der Waals surface area contributed by atoms with Crippen LogP contribution in [0.2, 0.25) is 5.32 Å². The summed E-state index contributed by atoms with van der Waals surface area (Å²) in [4.78, 5) is 16.9. The Morgan fingerprint density at radius 1 is 1.17 bits per heavy atom. The van der Waals surface area contributed by atoms with E-state index in [-0.39, 0.29) is 27.0 Å². The summed E-state index contributed by atoms with van der Waals surface area (Å²) in [5, 5.41) is 0.752. The summed E-state index contributed by atoms with van der Waals surface area (Å²) in [5.41, 5.74) is -0.126. The molecule has 0 saturated carbocycles. The van der Waals surface area contributed by atoms with Crippen molar-refractivity contribution in [2.45, 2.75) is 23.9 Å². The van der Waals surface area contributed by atoms with Gasteiger partial charge in [-0.05, 0) is 0 Å². The summed E-state index contributed by atoms with van der Waals surface area (Å²) in [7, 11) is 1.39. The van der Waals surface area contributed by atoms with Crippen molar-refractivity contribution in [3.05, 3.63) is 66.2 Å². The molecule has 1 heterocycles. The Kier molecular flexibility index (Phi) is 5.03. The van der Waals surface area contributed by atoms with Gasteiger partial charge < -0.3 is 0 Å². The number of rotatable bonds is 5. The first-order chi connectivity index (χ1) is 11.6. The van der Waals surface area contributed by atoms with Gasteiger partial charge in [0, 0.05) is 0 Å². The molecule has 0 amide bonds. The molecule has 3 rings (SSSR count). The summed E-state index contributed by atoms with van der Waals surface area (Å²) in [6.45, 7) is 1.79. The molecule has 2 aromatic rings. The number of ether oxygens (including phenoxy) is 2. The van der Waals surface area contributed by atoms with Crippen LogP contribution in [0.1, 0.15) is 12.5 Å². The van der Waals surface area contributed by atoms with E-state index in [1.165, 1.54) is 11.6 Å². The van der Waals surface area contributed by atoms with Crippen LogP contribution < -0.4 is 4.46 Å². The molecule has 24 heavy (non-hydrogen) atoms. The summed E-state index contributed by atoms with van der Waals surface area (Å²) < 4.78 is 12.3. The van der Waals surface area contributed by atoms with Gasteiger partial charge in [0.1, 0.15) is 0 Å². The number of esters is 1. The number of carbonyl (C=O) groups is 1. The van der Waals surface area contributed by atoms with Crippen LogP contribution in [0.25, 0.3) is 0 Å². The molecule has 0 aromatic heterocycles. The van der Waals surface area contributed by atoms with Crippen LogP contribution >= 0.6 is 0 Å². The maximum absolute atomic E-state index is 12.3. The third-order valence-electron chi connectivity index (χ3n) is 3.98. The van der Waals surface area contributed by atoms with Crippen LogP contribution in [0.3, 0.4) is 0 Å². The van der Waals surface area contributed by atoms with E-state index >= 15 is 0 Å². The zero-order valence-electron chi connectivity index (χ0n) is 13.6. The molecule has 5 heteroatoms. The normalized spacial score (nSPS) is 22.6. The Morgan fingerprint density at radius 2 is 1.79 bits per heavy atom. The van der Waals surface area contributed by atoms with Gasteiger partial charge in [-0.15, -0.1) is 0 Å². The molecule has 0 spiro atoms. The monoisotopic (exact) mass is 389 g/mol. The summed E-state index contributed by atoms with van der Waals surface area (Å²) in [5.74, 6) is 0.152. The molecule has 4 nitrogen and oxygen atoms in total. The molecular weight excluding hydrogens is 369 g/mol. The SMILES string of the molecule is COC(=O)[C@]1(C)N=C(c2ccccc2)O[C@@H]1C[Se]c1ccccc1. The number of hydrogen-bond donors (Lipinski definition) is 0. The van der Waals surface area contributed by atoms with Crippen LogP contribution in [-0.4, -0.2) is 45.6 Å². The number of hydrogen-bond acceptors (Lipinski definition) is 4. The quantitative estimate of drug-likeness (QED) is 0.583. The minimum absolute atomic E-state index is 0.197. The number of nitrogens with zero attached hydrogens (tertiary/aromatic N) is 1. The third kappa shape index (κ3) is 3.37. The van der Waals surface area contributed by atoms with Gasteiger partial charge in [0.05, 0.1) is 0 Å². The fourth-order valence-corrected chi connectivity index (χ4v) is 4.82. The molecule has 0 fully saturated rings. The first-order valence-corrected chi connectivity index (χ1v) is 9.78. The van der Waals surface area contributed by atoms with Gasteiger partial charge in [-0.25, -0.2) is 0 Å². The zero-order valence-corrected chi connectivity index (χ0v) is 15.4. The van der Waals surface area contributed by atoms with E-state index in [0.29, 0.717) is 5.90 Å². The van der Waals surface area contributed by atoms with E-state index in [9.17, 15) is 4.79 Å². The summed E-state index contributed by atoms with van der Waals surface area (Å²) >= 11 is 0.197. The number of carbonyl (C=O) groups excluding carboxylic acids is 1. The summed E-state index contributed by atoms with van der Waals surface area (Å²) in [6, 6.07) is 19.9. The first-order valence-electron chi connectivity index (χ1n) is 7.71. The second-order valence-corrected chi connectivity index (χ2v) is 7.95. The topological polar surface area (TPSA) is 47.9 Å². The van der Waals surface area contributed by atoms with Gasteiger partial charge in [0.25, 0.3) is 0 Å². The van der Waals surface area contributed by atoms with Gasteiger partial charge >= 0.3 is 148 Å². The van der Waals surface area contributed by atoms with Gasteiger partial charge in [-0.2, -0.15) is 0 Å². The second-order valence-electron chi connectivity index (χ2n) is 5.65. The van der Waals surface area contributed by atoms with Crippen molar-refractivity contribution >= 4 is 31.3 Å². The molecule has 0 unspecified atom stereocenters. The van der Waals surface area contributed by atoms with Crippen LogP contribution in [0, 0.1) is 0 Å². The van der Waals surface area contributed by atoms with Crippen LogP contribution in [0.5, 0.6) is 0 Å². The Bertz CT molecular complexity index is 733. The van der Waals surface area contributed by atoms with Crippen LogP contribution in [-0.2, 0) is 14.3 Å². The molecular formula is C19H19NO3Se. The van der Waals surface area contributed by atoms with Gasteiger partial charge in [-0.3, -0.25) is 0 Å². The first kappa shape index (κ1) is 16.7. The van der Waals surface area contributed by atoms with E-state index in [1.54, 1.807) is 6.92 Å². The van der Waals surface area contributed by atoms with Crippen molar-refractivity contribution in [2.24, 2.45) is 4.99 Å². The maximum atomic E-state index is 12.3. The fourth-order valence-electron chi connectivity index (χ4n) is 2.54. The number of aliphatic imine (C=N–C) groups is 1. The Morgan fingerprint density at radius 3 is 2.42 bits per heavy atom. The minimum atomic E-state index is -1.00. The molecule has 0 aliphatic carbocycles. The fraction of sp³-hybridized carbons (Fsp3) is 0.263. The Hall–Kier alpha value is -2.10. The number of benzene rings is 2. The van der Waals surface area contributed by atoms with Crippen molar-refractivity contribution in [3.63, 3.8) is 0 Å². The molecule has 124 valence electrons. The van der Waals surface area contributed by atoms with Crippen molar-refractivity contribution < 1.29 is 14.3 Å². The summed E-state index contributed by atoms with van der Waals surface area (Å²) in [6.07, 6.45) is -0.319. The molecule has 1 aliphatic heterocycles. The van der Waals surface area contributed by atoms with E-state index in [4.69, 9.17) is 9.47 Å². The van der Waals surface area contributed by atoms with E-state index < -0.39 is 5.54 Å². The van der Waals surface area contributed by atoms with Crippen LogP contribution in [0.4, 0.5) is 0 Å². The van der Waals surface area contributed by atoms with E-state index in [2.05, 4.69) is 17.1 Å². The Balaban J connectivity index is 1.82. The zero-order chi connectivity index (χ0) is 17.0. The average Bonchev–Trinajstić information content (AvgIpc) is 2.99. The second kappa shape index (κ2) is 7.20. The molecule has 0 radical (unpaired) electrons. The van der Waals surface area contributed by atoms with Gasteiger partial charge in [0.2, 0.25) is 0 Å². The molecule has 0 saturated heterocycles. The van der Waals surface area contributed by atoms with Gasteiger partial charge in [0.15, 0.2) is 0 Å². The standard InChI is InChI=1S/C19H19NO3Se/c1-19(18(21)22-2)16(13-24-15-11-7-4-8-12-15)23-17(20-19)14-9-5-3-6-10-14/h3-12,16H,13H2,1-2H3/t16-,19-/m1/s1. The molecule has 2 aromatic carbocycles. The van der Waals surface area contributed by atoms with Crippen molar-refractivity contribution in [2.75, 3.05) is 7.11 Å². The van der Waals surface area contributed by atoms with E-state index in [1.807, 2.05) is 48.5 Å². The van der Waals surface area contributed by atoms with Gasteiger partial charge in [-0.1, -0.05) is 0 Å². The molecule has 1 aliphatic rings. The van der Waals surface area contributed by atoms with Crippen LogP contribution in [0.15, 0.2) is 65.7 Å². The predicted molar refractivity (Wildman–Crippen MR) is 94.9 cm³/mol. The average molecular weight is 388 g/mol. The van der Waals surface area contributed by atoms with Crippen molar-refractivity contribution in [1.82, 2.24) is 0 Å². The van der Waals surface area contributed by atoms with E-state index in [0.717, 1.165) is 10.9 Å².